The molecule has 2 nitrogen and oxygen atoms in total. The summed E-state index contributed by atoms with van der Waals surface area (Å²) in [6.07, 6.45) is 2.09. The Labute approximate surface area is 88.5 Å². The fourth-order valence-electron chi connectivity index (χ4n) is 1.39. The molecule has 0 heterocycles. The largest absolute Gasteiger partial charge is 0.384 e. The van der Waals surface area contributed by atoms with Crippen molar-refractivity contribution >= 4 is 5.71 Å². The first-order chi connectivity index (χ1) is 6.20. The summed E-state index contributed by atoms with van der Waals surface area (Å²) < 4.78 is 0. The maximum atomic E-state index is 4.45. The van der Waals surface area contributed by atoms with Gasteiger partial charge in [0.2, 0.25) is 0 Å². The van der Waals surface area contributed by atoms with Crippen LogP contribution < -0.4 is 5.32 Å². The molecule has 0 atom stereocenters. The van der Waals surface area contributed by atoms with Gasteiger partial charge in [-0.05, 0) is 54.5 Å². The quantitative estimate of drug-likeness (QED) is 0.689. The van der Waals surface area contributed by atoms with E-state index in [0.29, 0.717) is 6.04 Å². The lowest BCUT2D eigenvalue weighted by atomic mass is 10.1. The molecule has 0 rings (SSSR count). The highest BCUT2D eigenvalue weighted by atomic mass is 15.0. The first-order valence-corrected chi connectivity index (χ1v) is 5.21. The molecular formula is C12H24N2. The molecule has 0 saturated heterocycles. The van der Waals surface area contributed by atoms with Gasteiger partial charge in [-0.2, -0.15) is 0 Å². The van der Waals surface area contributed by atoms with Gasteiger partial charge in [0.05, 0.1) is 0 Å². The summed E-state index contributed by atoms with van der Waals surface area (Å²) >= 11 is 0. The van der Waals surface area contributed by atoms with Gasteiger partial charge in [-0.3, -0.25) is 4.99 Å². The summed E-state index contributed by atoms with van der Waals surface area (Å²) in [6.45, 7) is 14.7. The van der Waals surface area contributed by atoms with Crippen molar-refractivity contribution in [3.63, 3.8) is 0 Å². The molecule has 2 heteroatoms. The molecule has 0 aliphatic rings. The van der Waals surface area contributed by atoms with Gasteiger partial charge in [-0.1, -0.05) is 0 Å². The van der Waals surface area contributed by atoms with Crippen molar-refractivity contribution in [3.8, 4) is 0 Å². The van der Waals surface area contributed by atoms with Crippen molar-refractivity contribution in [1.82, 2.24) is 5.32 Å². The monoisotopic (exact) mass is 196 g/mol. The van der Waals surface area contributed by atoms with E-state index in [9.17, 15) is 0 Å². The van der Waals surface area contributed by atoms with Crippen molar-refractivity contribution in [2.24, 2.45) is 4.99 Å². The van der Waals surface area contributed by atoms with Crippen molar-refractivity contribution < 1.29 is 0 Å². The highest BCUT2D eigenvalue weighted by molar-refractivity contribution is 5.93. The van der Waals surface area contributed by atoms with E-state index in [2.05, 4.69) is 57.9 Å². The Bertz CT molecular complexity index is 229. The Morgan fingerprint density at radius 3 is 2.07 bits per heavy atom. The van der Waals surface area contributed by atoms with Gasteiger partial charge >= 0.3 is 0 Å². The zero-order chi connectivity index (χ0) is 11.4. The molecule has 0 fully saturated rings. The summed E-state index contributed by atoms with van der Waals surface area (Å²) in [7, 11) is 0. The van der Waals surface area contributed by atoms with E-state index in [1.165, 1.54) is 5.70 Å². The van der Waals surface area contributed by atoms with Crippen molar-refractivity contribution in [2.45, 2.75) is 60.0 Å². The van der Waals surface area contributed by atoms with E-state index in [1.54, 1.807) is 0 Å². The maximum absolute atomic E-state index is 4.45. The van der Waals surface area contributed by atoms with E-state index >= 15 is 0 Å². The van der Waals surface area contributed by atoms with Crippen LogP contribution in [0.4, 0.5) is 0 Å². The van der Waals surface area contributed by atoms with Gasteiger partial charge in [-0.25, -0.2) is 0 Å². The maximum Gasteiger partial charge on any atom is 0.0446 e. The molecule has 0 saturated carbocycles. The Morgan fingerprint density at radius 2 is 1.71 bits per heavy atom. The highest BCUT2D eigenvalue weighted by Crippen LogP contribution is 2.03. The fourth-order valence-corrected chi connectivity index (χ4v) is 1.39. The Morgan fingerprint density at radius 1 is 1.21 bits per heavy atom. The molecule has 0 radical (unpaired) electrons. The molecule has 0 aliphatic heterocycles. The van der Waals surface area contributed by atoms with E-state index in [1.807, 2.05) is 6.92 Å². The standard InChI is InChI=1S/C12H24N2/c1-9(2)13-10(3)8-11(4)14-12(5,6)7/h8-9,14H,1-7H3. The van der Waals surface area contributed by atoms with Gasteiger partial charge in [0, 0.05) is 23.0 Å². The first-order valence-electron chi connectivity index (χ1n) is 5.21. The zero-order valence-corrected chi connectivity index (χ0v) is 10.6. The summed E-state index contributed by atoms with van der Waals surface area (Å²) in [5.74, 6) is 0. The number of allylic oxidation sites excluding steroid dienone is 2. The van der Waals surface area contributed by atoms with Crippen LogP contribution in [0.2, 0.25) is 0 Å². The van der Waals surface area contributed by atoms with Gasteiger partial charge < -0.3 is 5.32 Å². The van der Waals surface area contributed by atoms with Crippen LogP contribution in [0.25, 0.3) is 0 Å². The number of aliphatic imine (C=N–C) groups is 1. The minimum absolute atomic E-state index is 0.124. The van der Waals surface area contributed by atoms with Crippen LogP contribution in [0.1, 0.15) is 48.5 Å². The van der Waals surface area contributed by atoms with E-state index in [4.69, 9.17) is 0 Å². The number of rotatable bonds is 3. The lowest BCUT2D eigenvalue weighted by Crippen LogP contribution is -2.34. The van der Waals surface area contributed by atoms with E-state index < -0.39 is 0 Å². The third-order valence-electron chi connectivity index (χ3n) is 1.46. The topological polar surface area (TPSA) is 24.4 Å². The number of nitrogens with zero attached hydrogens (tertiary/aromatic N) is 1. The van der Waals surface area contributed by atoms with Crippen LogP contribution in [-0.2, 0) is 0 Å². The second-order valence-corrected chi connectivity index (χ2v) is 5.07. The molecule has 1 N–H and O–H groups in total. The molecule has 0 aliphatic carbocycles. The van der Waals surface area contributed by atoms with E-state index in [0.717, 1.165) is 5.71 Å². The highest BCUT2D eigenvalue weighted by Gasteiger charge is 2.08. The second-order valence-electron chi connectivity index (χ2n) is 5.07. The average Bonchev–Trinajstić information content (AvgIpc) is 1.77. The summed E-state index contributed by atoms with van der Waals surface area (Å²) in [6, 6.07) is 0.369. The van der Waals surface area contributed by atoms with Crippen molar-refractivity contribution in [3.05, 3.63) is 11.8 Å². The molecule has 14 heavy (non-hydrogen) atoms. The second kappa shape index (κ2) is 5.18. The average molecular weight is 196 g/mol. The van der Waals surface area contributed by atoms with Gasteiger partial charge in [-0.15, -0.1) is 0 Å². The lowest BCUT2D eigenvalue weighted by Gasteiger charge is -2.22. The van der Waals surface area contributed by atoms with Crippen LogP contribution in [0.15, 0.2) is 16.8 Å². The minimum atomic E-state index is 0.124. The molecule has 0 amide bonds. The van der Waals surface area contributed by atoms with Gasteiger partial charge in [0.1, 0.15) is 0 Å². The van der Waals surface area contributed by atoms with Crippen LogP contribution in [-0.4, -0.2) is 17.3 Å². The lowest BCUT2D eigenvalue weighted by molar-refractivity contribution is 0.474. The molecule has 82 valence electrons. The predicted octanol–water partition coefficient (Wildman–Crippen LogP) is 3.15. The molecule has 0 bridgehead atoms. The number of nitrogens with one attached hydrogen (secondary N) is 1. The molecule has 0 aromatic heterocycles. The molecular weight excluding hydrogens is 172 g/mol. The van der Waals surface area contributed by atoms with Crippen LogP contribution in [0.5, 0.6) is 0 Å². The van der Waals surface area contributed by atoms with Crippen molar-refractivity contribution in [2.75, 3.05) is 0 Å². The third-order valence-corrected chi connectivity index (χ3v) is 1.46. The van der Waals surface area contributed by atoms with Gasteiger partial charge in [0.25, 0.3) is 0 Å². The predicted molar refractivity (Wildman–Crippen MR) is 64.9 cm³/mol. The molecule has 0 aromatic carbocycles. The van der Waals surface area contributed by atoms with Crippen LogP contribution in [0, 0.1) is 0 Å². The SMILES string of the molecule is CC(=CC(C)=NC(C)C)NC(C)(C)C. The summed E-state index contributed by atoms with van der Waals surface area (Å²) in [5, 5.41) is 3.40. The first kappa shape index (κ1) is 13.2. The van der Waals surface area contributed by atoms with Crippen LogP contribution in [0.3, 0.4) is 0 Å². The molecule has 0 unspecified atom stereocenters. The van der Waals surface area contributed by atoms with Gasteiger partial charge in [0.15, 0.2) is 0 Å². The Hall–Kier alpha value is -0.790. The Kier molecular flexibility index (Phi) is 4.89. The summed E-state index contributed by atoms with van der Waals surface area (Å²) in [5.41, 5.74) is 2.37. The normalized spacial score (nSPS) is 14.9. The van der Waals surface area contributed by atoms with E-state index in [-0.39, 0.29) is 5.54 Å². The number of hydrogen-bond acceptors (Lipinski definition) is 2. The fraction of sp³-hybridized carbons (Fsp3) is 0.750. The number of hydrogen-bond donors (Lipinski definition) is 1. The van der Waals surface area contributed by atoms with Crippen LogP contribution >= 0.6 is 0 Å². The third kappa shape index (κ3) is 7.84. The smallest absolute Gasteiger partial charge is 0.0446 e. The molecule has 0 spiro atoms. The Balaban J connectivity index is 4.38. The molecule has 0 aromatic rings. The van der Waals surface area contributed by atoms with Crippen molar-refractivity contribution in [1.29, 1.82) is 0 Å². The summed E-state index contributed by atoms with van der Waals surface area (Å²) in [4.78, 5) is 4.45. The zero-order valence-electron chi connectivity index (χ0n) is 10.6. The minimum Gasteiger partial charge on any atom is -0.384 e.